The molecule has 0 unspecified atom stereocenters. The third kappa shape index (κ3) is 4.76. The van der Waals surface area contributed by atoms with E-state index in [9.17, 15) is 10.5 Å². The number of para-hydroxylation sites is 3. The lowest BCUT2D eigenvalue weighted by Gasteiger charge is -2.22. The Kier molecular flexibility index (Phi) is 7.22. The fourth-order valence-corrected chi connectivity index (χ4v) is 8.29. The number of hydrogen-bond acceptors (Lipinski definition) is 2. The smallest absolute Gasteiger partial charge is 0.0998 e. The minimum atomic E-state index is 0.467. The van der Waals surface area contributed by atoms with Gasteiger partial charge in [0.15, 0.2) is 0 Å². The van der Waals surface area contributed by atoms with E-state index in [1.165, 1.54) is 21.8 Å². The molecule has 0 N–H and O–H groups in total. The predicted octanol–water partition coefficient (Wildman–Crippen LogP) is 12.6. The first-order valence-electron chi connectivity index (χ1n) is 18.0. The molecular formula is C50H30N4. The summed E-state index contributed by atoms with van der Waals surface area (Å²) in [7, 11) is 0. The molecule has 4 nitrogen and oxygen atoms in total. The van der Waals surface area contributed by atoms with Crippen molar-refractivity contribution in [2.45, 2.75) is 0 Å². The van der Waals surface area contributed by atoms with Crippen molar-refractivity contribution in [3.05, 3.63) is 193 Å². The number of hydrogen-bond donors (Lipinski definition) is 0. The standard InChI is InChI=1S/C50H30N4/c51-31-35-18-13-19-36(32-52)49(35)37-28-42(33-14-3-1-4-15-33)50(43(29-37)34-16-5-2-6-17-34)54-47-25-12-9-22-41(47)44-30-38(26-27-48(44)54)53-45-23-10-7-20-39(45)40-21-8-11-24-46(40)53/h1-30H. The van der Waals surface area contributed by atoms with Gasteiger partial charge in [0.2, 0.25) is 0 Å². The second kappa shape index (κ2) is 12.5. The topological polar surface area (TPSA) is 57.4 Å². The number of aromatic nitrogens is 2. The van der Waals surface area contributed by atoms with E-state index < -0.39 is 0 Å². The lowest BCUT2D eigenvalue weighted by atomic mass is 9.88. The molecule has 0 fully saturated rings. The van der Waals surface area contributed by atoms with E-state index >= 15 is 0 Å². The van der Waals surface area contributed by atoms with Crippen molar-refractivity contribution in [2.75, 3.05) is 0 Å². The highest BCUT2D eigenvalue weighted by molar-refractivity contribution is 6.13. The average molecular weight is 687 g/mol. The monoisotopic (exact) mass is 686 g/mol. The molecule has 0 aliphatic rings. The van der Waals surface area contributed by atoms with Crippen LogP contribution in [0.15, 0.2) is 182 Å². The van der Waals surface area contributed by atoms with Crippen LogP contribution >= 0.6 is 0 Å². The van der Waals surface area contributed by atoms with Crippen LogP contribution in [0.4, 0.5) is 0 Å². The van der Waals surface area contributed by atoms with Crippen molar-refractivity contribution in [1.29, 1.82) is 10.5 Å². The van der Waals surface area contributed by atoms with Crippen LogP contribution in [0.2, 0.25) is 0 Å². The van der Waals surface area contributed by atoms with Gasteiger partial charge in [-0.25, -0.2) is 0 Å². The molecule has 10 aromatic rings. The fourth-order valence-electron chi connectivity index (χ4n) is 8.29. The summed E-state index contributed by atoms with van der Waals surface area (Å²) in [6, 6.07) is 67.9. The van der Waals surface area contributed by atoms with Gasteiger partial charge in [0.1, 0.15) is 0 Å². The molecule has 0 saturated heterocycles. The summed E-state index contributed by atoms with van der Waals surface area (Å²) in [6.07, 6.45) is 0. The summed E-state index contributed by atoms with van der Waals surface area (Å²) in [5.74, 6) is 0. The van der Waals surface area contributed by atoms with E-state index in [4.69, 9.17) is 0 Å². The molecule has 0 amide bonds. The zero-order valence-electron chi connectivity index (χ0n) is 29.1. The van der Waals surface area contributed by atoms with Crippen LogP contribution in [-0.2, 0) is 0 Å². The van der Waals surface area contributed by atoms with Gasteiger partial charge in [-0.1, -0.05) is 121 Å². The van der Waals surface area contributed by atoms with Crippen molar-refractivity contribution < 1.29 is 0 Å². The van der Waals surface area contributed by atoms with E-state index in [-0.39, 0.29) is 0 Å². The molecule has 250 valence electrons. The van der Waals surface area contributed by atoms with Crippen LogP contribution in [0.5, 0.6) is 0 Å². The van der Waals surface area contributed by atoms with Gasteiger partial charge >= 0.3 is 0 Å². The second-order valence-electron chi connectivity index (χ2n) is 13.5. The summed E-state index contributed by atoms with van der Waals surface area (Å²) in [5, 5.41) is 25.3. The molecule has 54 heavy (non-hydrogen) atoms. The molecule has 10 rings (SSSR count). The van der Waals surface area contributed by atoms with Crippen molar-refractivity contribution in [3.63, 3.8) is 0 Å². The maximum absolute atomic E-state index is 10.3. The molecule has 0 bridgehead atoms. The zero-order chi connectivity index (χ0) is 36.2. The largest absolute Gasteiger partial charge is 0.309 e. The highest BCUT2D eigenvalue weighted by Gasteiger charge is 2.23. The van der Waals surface area contributed by atoms with E-state index in [2.05, 4.69) is 173 Å². The zero-order valence-corrected chi connectivity index (χ0v) is 29.1. The number of nitrogens with zero attached hydrogens (tertiary/aromatic N) is 4. The SMILES string of the molecule is N#Cc1cccc(C#N)c1-c1cc(-c2ccccc2)c(-n2c3ccccc3c3cc(-n4c5ccccc5c5ccccc54)ccc32)c(-c2ccccc2)c1. The van der Waals surface area contributed by atoms with Crippen molar-refractivity contribution >= 4 is 43.6 Å². The van der Waals surface area contributed by atoms with E-state index in [0.717, 1.165) is 61.0 Å². The molecule has 0 spiro atoms. The van der Waals surface area contributed by atoms with Gasteiger partial charge in [0, 0.05) is 43.9 Å². The molecule has 0 aliphatic carbocycles. The van der Waals surface area contributed by atoms with E-state index in [1.807, 2.05) is 12.1 Å². The van der Waals surface area contributed by atoms with Gasteiger partial charge in [-0.2, -0.15) is 10.5 Å². The third-order valence-electron chi connectivity index (χ3n) is 10.6. The first kappa shape index (κ1) is 31.1. The Morgan fingerprint density at radius 1 is 0.352 bits per heavy atom. The average Bonchev–Trinajstić information content (AvgIpc) is 3.76. The molecule has 4 heteroatoms. The van der Waals surface area contributed by atoms with Gasteiger partial charge in [0.05, 0.1) is 51.0 Å². The lowest BCUT2D eigenvalue weighted by Crippen LogP contribution is -2.02. The summed E-state index contributed by atoms with van der Waals surface area (Å²) in [6.45, 7) is 0. The Balaban J connectivity index is 1.33. The Labute approximate surface area is 312 Å². The Bertz CT molecular complexity index is 3020. The molecule has 8 aromatic carbocycles. The molecule has 0 saturated carbocycles. The molecular weight excluding hydrogens is 657 g/mol. The minimum Gasteiger partial charge on any atom is -0.309 e. The first-order valence-corrected chi connectivity index (χ1v) is 18.0. The first-order chi connectivity index (χ1) is 26.7. The summed E-state index contributed by atoms with van der Waals surface area (Å²) < 4.78 is 4.77. The molecule has 0 aliphatic heterocycles. The van der Waals surface area contributed by atoms with Crippen LogP contribution in [-0.4, -0.2) is 9.13 Å². The molecule has 2 heterocycles. The van der Waals surface area contributed by atoms with Crippen molar-refractivity contribution in [1.82, 2.24) is 9.13 Å². The normalized spacial score (nSPS) is 11.3. The molecule has 0 radical (unpaired) electrons. The van der Waals surface area contributed by atoms with Gasteiger partial charge < -0.3 is 9.13 Å². The van der Waals surface area contributed by atoms with Crippen LogP contribution in [0.1, 0.15) is 11.1 Å². The summed E-state index contributed by atoms with van der Waals surface area (Å²) >= 11 is 0. The highest BCUT2D eigenvalue weighted by atomic mass is 15.0. The maximum Gasteiger partial charge on any atom is 0.0998 e. The van der Waals surface area contributed by atoms with E-state index in [1.54, 1.807) is 18.2 Å². The Hall–Kier alpha value is -7.66. The van der Waals surface area contributed by atoms with E-state index in [0.29, 0.717) is 16.7 Å². The van der Waals surface area contributed by atoms with Crippen molar-refractivity contribution in [2.24, 2.45) is 0 Å². The predicted molar refractivity (Wildman–Crippen MR) is 221 cm³/mol. The third-order valence-corrected chi connectivity index (χ3v) is 10.6. The highest BCUT2D eigenvalue weighted by Crippen LogP contribution is 2.45. The van der Waals surface area contributed by atoms with Crippen LogP contribution in [0.3, 0.4) is 0 Å². The molecule has 2 aromatic heterocycles. The quantitative estimate of drug-likeness (QED) is 0.181. The number of rotatable bonds is 5. The minimum absolute atomic E-state index is 0.467. The van der Waals surface area contributed by atoms with Crippen LogP contribution in [0, 0.1) is 22.7 Å². The van der Waals surface area contributed by atoms with Crippen molar-refractivity contribution in [3.8, 4) is 56.9 Å². The number of fused-ring (bicyclic) bond motifs is 6. The Morgan fingerprint density at radius 2 is 0.796 bits per heavy atom. The molecule has 0 atom stereocenters. The van der Waals surface area contributed by atoms with Gasteiger partial charge in [0.25, 0.3) is 0 Å². The summed E-state index contributed by atoms with van der Waals surface area (Å²) in [4.78, 5) is 0. The second-order valence-corrected chi connectivity index (χ2v) is 13.5. The van der Waals surface area contributed by atoms with Gasteiger partial charge in [-0.3, -0.25) is 0 Å². The van der Waals surface area contributed by atoms with Crippen LogP contribution in [0.25, 0.3) is 88.4 Å². The van der Waals surface area contributed by atoms with Gasteiger partial charge in [-0.15, -0.1) is 0 Å². The number of benzene rings is 8. The van der Waals surface area contributed by atoms with Gasteiger partial charge in [-0.05, 0) is 77.4 Å². The Morgan fingerprint density at radius 3 is 1.31 bits per heavy atom. The number of nitriles is 2. The lowest BCUT2D eigenvalue weighted by molar-refractivity contribution is 1.17. The fraction of sp³-hybridized carbons (Fsp3) is 0. The maximum atomic E-state index is 10.3. The van der Waals surface area contributed by atoms with Crippen LogP contribution < -0.4 is 0 Å². The summed E-state index contributed by atoms with van der Waals surface area (Å²) in [5.41, 5.74) is 13.1.